The molecule has 1 aliphatic rings. The molecule has 1 aliphatic carbocycles. The highest BCUT2D eigenvalue weighted by Crippen LogP contribution is 2.32. The molecule has 0 saturated heterocycles. The van der Waals surface area contributed by atoms with E-state index in [-0.39, 0.29) is 5.28 Å². The third kappa shape index (κ3) is 3.10. The normalized spacial score (nSPS) is 14.4. The minimum absolute atomic E-state index is 0.133. The van der Waals surface area contributed by atoms with E-state index in [2.05, 4.69) is 15.3 Å². The summed E-state index contributed by atoms with van der Waals surface area (Å²) in [6.45, 7) is 2.49. The molecule has 0 unspecified atom stereocenters. The average Bonchev–Trinajstić information content (AvgIpc) is 3.11. The summed E-state index contributed by atoms with van der Waals surface area (Å²) in [6, 6.07) is 0. The maximum absolute atomic E-state index is 11.7. The highest BCUT2D eigenvalue weighted by atomic mass is 35.5. The van der Waals surface area contributed by atoms with E-state index in [4.69, 9.17) is 16.3 Å². The minimum atomic E-state index is -0.446. The number of ether oxygens (including phenoxy) is 1. The number of carbonyl (C=O) groups excluding carboxylic acids is 1. The lowest BCUT2D eigenvalue weighted by atomic mass is 10.2. The summed E-state index contributed by atoms with van der Waals surface area (Å²) in [4.78, 5) is 19.7. The largest absolute Gasteiger partial charge is 0.465 e. The van der Waals surface area contributed by atoms with Gasteiger partial charge < -0.3 is 10.1 Å². The SMILES string of the molecule is COC(=O)c1c(C)nc(Cl)nc1NCCC1CC1. The number of hydrogen-bond donors (Lipinski definition) is 1. The molecule has 2 rings (SSSR count). The molecule has 6 heteroatoms. The number of carbonyl (C=O) groups is 1. The first kappa shape index (κ1) is 13.1. The smallest absolute Gasteiger partial charge is 0.343 e. The van der Waals surface area contributed by atoms with Gasteiger partial charge in [0.1, 0.15) is 11.4 Å². The van der Waals surface area contributed by atoms with Gasteiger partial charge >= 0.3 is 5.97 Å². The first-order valence-corrected chi connectivity index (χ1v) is 6.36. The molecule has 0 spiro atoms. The predicted octanol–water partition coefficient (Wildman–Crippen LogP) is 2.44. The van der Waals surface area contributed by atoms with Crippen LogP contribution in [0.25, 0.3) is 0 Å². The molecular formula is C12H16ClN3O2. The Kier molecular flexibility index (Phi) is 4.01. The number of aryl methyl sites for hydroxylation is 1. The zero-order valence-corrected chi connectivity index (χ0v) is 11.3. The van der Waals surface area contributed by atoms with E-state index in [1.165, 1.54) is 20.0 Å². The fraction of sp³-hybridized carbons (Fsp3) is 0.583. The second-order valence-electron chi connectivity index (χ2n) is 4.45. The van der Waals surface area contributed by atoms with Gasteiger partial charge in [-0.25, -0.2) is 9.78 Å². The molecule has 1 fully saturated rings. The number of esters is 1. The van der Waals surface area contributed by atoms with Crippen molar-refractivity contribution < 1.29 is 9.53 Å². The zero-order valence-electron chi connectivity index (χ0n) is 10.5. The van der Waals surface area contributed by atoms with Crippen LogP contribution in [-0.2, 0) is 4.74 Å². The van der Waals surface area contributed by atoms with Crippen molar-refractivity contribution in [3.8, 4) is 0 Å². The lowest BCUT2D eigenvalue weighted by Crippen LogP contribution is -2.14. The van der Waals surface area contributed by atoms with Gasteiger partial charge in [-0.2, -0.15) is 4.98 Å². The molecule has 0 bridgehead atoms. The van der Waals surface area contributed by atoms with E-state index in [9.17, 15) is 4.79 Å². The minimum Gasteiger partial charge on any atom is -0.465 e. The molecule has 18 heavy (non-hydrogen) atoms. The van der Waals surface area contributed by atoms with Crippen molar-refractivity contribution >= 4 is 23.4 Å². The summed E-state index contributed by atoms with van der Waals surface area (Å²) >= 11 is 5.81. The number of aromatic nitrogens is 2. The highest BCUT2D eigenvalue weighted by molar-refractivity contribution is 6.28. The Morgan fingerprint density at radius 2 is 2.22 bits per heavy atom. The summed E-state index contributed by atoms with van der Waals surface area (Å²) in [6.07, 6.45) is 3.69. The quantitative estimate of drug-likeness (QED) is 0.657. The van der Waals surface area contributed by atoms with Crippen LogP contribution in [0, 0.1) is 12.8 Å². The first-order valence-electron chi connectivity index (χ1n) is 5.98. The number of nitrogens with zero attached hydrogens (tertiary/aromatic N) is 2. The monoisotopic (exact) mass is 269 g/mol. The number of methoxy groups -OCH3 is 1. The topological polar surface area (TPSA) is 64.1 Å². The van der Waals surface area contributed by atoms with Crippen LogP contribution in [0.4, 0.5) is 5.82 Å². The van der Waals surface area contributed by atoms with Crippen LogP contribution in [0.5, 0.6) is 0 Å². The standard InChI is InChI=1S/C12H16ClN3O2/c1-7-9(11(17)18-2)10(16-12(13)15-7)14-6-5-8-3-4-8/h8H,3-6H2,1-2H3,(H,14,15,16). The lowest BCUT2D eigenvalue weighted by molar-refractivity contribution is 0.0600. The molecule has 0 aromatic carbocycles. The van der Waals surface area contributed by atoms with Crippen molar-refractivity contribution in [2.24, 2.45) is 5.92 Å². The van der Waals surface area contributed by atoms with Gasteiger partial charge in [-0.1, -0.05) is 12.8 Å². The Labute approximate surface area is 111 Å². The summed E-state index contributed by atoms with van der Waals surface area (Å²) in [5.74, 6) is 0.829. The summed E-state index contributed by atoms with van der Waals surface area (Å²) in [5, 5.41) is 3.28. The Hall–Kier alpha value is -1.36. The van der Waals surface area contributed by atoms with E-state index in [0.717, 1.165) is 18.9 Å². The number of hydrogen-bond acceptors (Lipinski definition) is 5. The molecule has 0 amide bonds. The third-order valence-corrected chi connectivity index (χ3v) is 3.16. The van der Waals surface area contributed by atoms with Crippen LogP contribution in [0.15, 0.2) is 0 Å². The van der Waals surface area contributed by atoms with Gasteiger partial charge in [0, 0.05) is 6.54 Å². The van der Waals surface area contributed by atoms with Crippen molar-refractivity contribution in [1.29, 1.82) is 0 Å². The molecule has 1 aromatic heterocycles. The van der Waals surface area contributed by atoms with Gasteiger partial charge in [0.15, 0.2) is 0 Å². The summed E-state index contributed by atoms with van der Waals surface area (Å²) in [5.41, 5.74) is 0.883. The van der Waals surface area contributed by atoms with E-state index in [1.807, 2.05) is 0 Å². The molecule has 1 heterocycles. The molecule has 98 valence electrons. The van der Waals surface area contributed by atoms with Gasteiger partial charge in [0.2, 0.25) is 5.28 Å². The molecule has 0 aliphatic heterocycles. The van der Waals surface area contributed by atoms with Crippen molar-refractivity contribution in [1.82, 2.24) is 9.97 Å². The average molecular weight is 270 g/mol. The van der Waals surface area contributed by atoms with Crippen molar-refractivity contribution in [2.75, 3.05) is 19.0 Å². The Morgan fingerprint density at radius 1 is 1.50 bits per heavy atom. The fourth-order valence-corrected chi connectivity index (χ4v) is 2.03. The molecule has 5 nitrogen and oxygen atoms in total. The maximum atomic E-state index is 11.7. The second-order valence-corrected chi connectivity index (χ2v) is 4.79. The van der Waals surface area contributed by atoms with Crippen LogP contribution >= 0.6 is 11.6 Å². The number of anilines is 1. The lowest BCUT2D eigenvalue weighted by Gasteiger charge is -2.11. The Bertz CT molecular complexity index is 461. The van der Waals surface area contributed by atoms with E-state index >= 15 is 0 Å². The molecule has 1 aromatic rings. The Morgan fingerprint density at radius 3 is 2.83 bits per heavy atom. The fourth-order valence-electron chi connectivity index (χ4n) is 1.81. The molecular weight excluding hydrogens is 254 g/mol. The van der Waals surface area contributed by atoms with Crippen molar-refractivity contribution in [2.45, 2.75) is 26.2 Å². The van der Waals surface area contributed by atoms with Gasteiger partial charge in [-0.15, -0.1) is 0 Å². The zero-order chi connectivity index (χ0) is 13.1. The van der Waals surface area contributed by atoms with Gasteiger partial charge in [0.25, 0.3) is 0 Å². The van der Waals surface area contributed by atoms with Crippen LogP contribution in [0.3, 0.4) is 0 Å². The van der Waals surface area contributed by atoms with Gasteiger partial charge in [-0.05, 0) is 30.9 Å². The van der Waals surface area contributed by atoms with E-state index in [1.54, 1.807) is 6.92 Å². The van der Waals surface area contributed by atoms with E-state index < -0.39 is 5.97 Å². The first-order chi connectivity index (χ1) is 8.61. The third-order valence-electron chi connectivity index (χ3n) is 2.99. The molecule has 0 radical (unpaired) electrons. The van der Waals surface area contributed by atoms with Crippen molar-refractivity contribution in [3.05, 3.63) is 16.5 Å². The van der Waals surface area contributed by atoms with E-state index in [0.29, 0.717) is 17.1 Å². The van der Waals surface area contributed by atoms with Crippen LogP contribution in [-0.4, -0.2) is 29.6 Å². The van der Waals surface area contributed by atoms with Crippen LogP contribution in [0.1, 0.15) is 35.3 Å². The number of halogens is 1. The van der Waals surface area contributed by atoms with Gasteiger partial charge in [0.05, 0.1) is 12.8 Å². The molecule has 1 saturated carbocycles. The highest BCUT2D eigenvalue weighted by Gasteiger charge is 2.22. The predicted molar refractivity (Wildman–Crippen MR) is 68.9 cm³/mol. The molecule has 1 N–H and O–H groups in total. The number of rotatable bonds is 5. The number of nitrogens with one attached hydrogen (secondary N) is 1. The van der Waals surface area contributed by atoms with Crippen LogP contribution in [0.2, 0.25) is 5.28 Å². The van der Waals surface area contributed by atoms with Crippen LogP contribution < -0.4 is 5.32 Å². The molecule has 0 atom stereocenters. The Balaban J connectivity index is 2.16. The maximum Gasteiger partial charge on any atom is 0.343 e. The summed E-state index contributed by atoms with van der Waals surface area (Å²) in [7, 11) is 1.34. The summed E-state index contributed by atoms with van der Waals surface area (Å²) < 4.78 is 4.74. The van der Waals surface area contributed by atoms with Gasteiger partial charge in [-0.3, -0.25) is 0 Å². The second kappa shape index (κ2) is 5.52. The van der Waals surface area contributed by atoms with Crippen molar-refractivity contribution in [3.63, 3.8) is 0 Å².